The molecule has 0 fully saturated rings. The zero-order valence-electron chi connectivity index (χ0n) is 18.8. The van der Waals surface area contributed by atoms with Crippen molar-refractivity contribution in [3.63, 3.8) is 0 Å². The number of aromatic nitrogens is 2. The van der Waals surface area contributed by atoms with Crippen LogP contribution in [-0.2, 0) is 17.1 Å². The van der Waals surface area contributed by atoms with Gasteiger partial charge in [0.2, 0.25) is 0 Å². The van der Waals surface area contributed by atoms with Crippen molar-refractivity contribution in [1.82, 2.24) is 14.9 Å². The van der Waals surface area contributed by atoms with Crippen molar-refractivity contribution in [1.29, 1.82) is 0 Å². The highest BCUT2D eigenvalue weighted by atomic mass is 32.2. The Kier molecular flexibility index (Phi) is 7.72. The molecule has 2 aromatic heterocycles. The van der Waals surface area contributed by atoms with Gasteiger partial charge in [0.25, 0.3) is 10.0 Å². The summed E-state index contributed by atoms with van der Waals surface area (Å²) in [7, 11) is -0.371. The quantitative estimate of drug-likeness (QED) is 0.419. The van der Waals surface area contributed by atoms with E-state index in [2.05, 4.69) is 22.2 Å². The summed E-state index contributed by atoms with van der Waals surface area (Å²) in [6, 6.07) is 9.57. The third kappa shape index (κ3) is 5.91. The number of hydrogen-bond donors (Lipinski definition) is 2. The maximum atomic E-state index is 13.1. The number of allylic oxidation sites excluding steroid dienone is 3. The van der Waals surface area contributed by atoms with Crippen LogP contribution in [0.3, 0.4) is 0 Å². The number of carbonyl (C=O) groups is 1. The Morgan fingerprint density at radius 3 is 2.61 bits per heavy atom. The summed E-state index contributed by atoms with van der Waals surface area (Å²) in [6.45, 7) is 5.78. The summed E-state index contributed by atoms with van der Waals surface area (Å²) in [5.41, 5.74) is 2.49. The Labute approximate surface area is 198 Å². The molecular weight excluding hydrogens is 458 g/mol. The van der Waals surface area contributed by atoms with Crippen molar-refractivity contribution < 1.29 is 13.2 Å². The molecule has 0 saturated carbocycles. The van der Waals surface area contributed by atoms with Gasteiger partial charge in [0.1, 0.15) is 4.21 Å². The molecule has 1 aromatic carbocycles. The molecule has 33 heavy (non-hydrogen) atoms. The fraction of sp³-hybridized carbons (Fsp3) is 0.217. The molecule has 174 valence electrons. The van der Waals surface area contributed by atoms with E-state index in [1.54, 1.807) is 48.9 Å². The number of urea groups is 1. The van der Waals surface area contributed by atoms with E-state index >= 15 is 0 Å². The summed E-state index contributed by atoms with van der Waals surface area (Å²) in [5, 5.41) is 5.42. The predicted molar refractivity (Wildman–Crippen MR) is 134 cm³/mol. The highest BCUT2D eigenvalue weighted by Crippen LogP contribution is 2.33. The van der Waals surface area contributed by atoms with E-state index in [0.29, 0.717) is 23.5 Å². The van der Waals surface area contributed by atoms with E-state index in [9.17, 15) is 13.2 Å². The van der Waals surface area contributed by atoms with Crippen molar-refractivity contribution in [2.45, 2.75) is 24.0 Å². The molecule has 0 aliphatic rings. The van der Waals surface area contributed by atoms with Crippen LogP contribution in [0.15, 0.2) is 77.6 Å². The Bertz CT molecular complexity index is 1260. The molecule has 0 aliphatic heterocycles. The molecule has 2 heterocycles. The van der Waals surface area contributed by atoms with E-state index in [4.69, 9.17) is 0 Å². The molecule has 0 radical (unpaired) electrons. The highest BCUT2D eigenvalue weighted by molar-refractivity contribution is 7.94. The number of anilines is 2. The lowest BCUT2D eigenvalue weighted by Crippen LogP contribution is -2.28. The first kappa shape index (κ1) is 24.3. The maximum absolute atomic E-state index is 13.1. The number of imidazole rings is 1. The zero-order valence-corrected chi connectivity index (χ0v) is 20.4. The number of nitrogens with one attached hydrogen (secondary N) is 2. The SMILES string of the molecule is C=C(CCC=CC)NC(=O)Nc1ccc(N(C)S(=O)(=O)c2ccc(-c3cncn3C)s2)cc1. The Morgan fingerprint density at radius 2 is 1.97 bits per heavy atom. The topological polar surface area (TPSA) is 96.3 Å². The van der Waals surface area contributed by atoms with Gasteiger partial charge in [-0.1, -0.05) is 18.7 Å². The zero-order chi connectivity index (χ0) is 24.0. The minimum Gasteiger partial charge on any atom is -0.333 e. The smallest absolute Gasteiger partial charge is 0.323 e. The van der Waals surface area contributed by atoms with E-state index in [0.717, 1.165) is 17.0 Å². The van der Waals surface area contributed by atoms with Crippen molar-refractivity contribution in [3.05, 3.63) is 73.4 Å². The molecule has 10 heteroatoms. The average molecular weight is 486 g/mol. The summed E-state index contributed by atoms with van der Waals surface area (Å²) in [5.74, 6) is 0. The fourth-order valence-electron chi connectivity index (χ4n) is 3.03. The summed E-state index contributed by atoms with van der Waals surface area (Å²) in [4.78, 5) is 17.0. The van der Waals surface area contributed by atoms with Crippen molar-refractivity contribution in [3.8, 4) is 10.6 Å². The van der Waals surface area contributed by atoms with Gasteiger partial charge in [0.15, 0.2) is 0 Å². The van der Waals surface area contributed by atoms with E-state index in [-0.39, 0.29) is 4.21 Å². The van der Waals surface area contributed by atoms with Gasteiger partial charge in [-0.05, 0) is 56.2 Å². The Morgan fingerprint density at radius 1 is 1.24 bits per heavy atom. The van der Waals surface area contributed by atoms with Gasteiger partial charge in [0.05, 0.1) is 28.8 Å². The van der Waals surface area contributed by atoms with Crippen LogP contribution in [-0.4, -0.2) is 31.0 Å². The highest BCUT2D eigenvalue weighted by Gasteiger charge is 2.24. The van der Waals surface area contributed by atoms with E-state index < -0.39 is 16.1 Å². The summed E-state index contributed by atoms with van der Waals surface area (Å²) in [6.07, 6.45) is 8.79. The third-order valence-electron chi connectivity index (χ3n) is 4.89. The molecule has 0 spiro atoms. The summed E-state index contributed by atoms with van der Waals surface area (Å²) >= 11 is 1.19. The maximum Gasteiger partial charge on any atom is 0.323 e. The molecule has 0 unspecified atom stereocenters. The van der Waals surface area contributed by atoms with Crippen LogP contribution < -0.4 is 14.9 Å². The van der Waals surface area contributed by atoms with Crippen molar-refractivity contribution >= 4 is 38.8 Å². The van der Waals surface area contributed by atoms with Crippen molar-refractivity contribution in [2.75, 3.05) is 16.7 Å². The fourth-order valence-corrected chi connectivity index (χ4v) is 5.75. The first-order chi connectivity index (χ1) is 15.7. The second-order valence-corrected chi connectivity index (χ2v) is 10.6. The lowest BCUT2D eigenvalue weighted by Gasteiger charge is -2.19. The molecule has 8 nitrogen and oxygen atoms in total. The molecule has 3 rings (SSSR count). The van der Waals surface area contributed by atoms with Crippen LogP contribution in [0.1, 0.15) is 19.8 Å². The first-order valence-corrected chi connectivity index (χ1v) is 12.5. The van der Waals surface area contributed by atoms with Crippen LogP contribution in [0.5, 0.6) is 0 Å². The monoisotopic (exact) mass is 485 g/mol. The van der Waals surface area contributed by atoms with Gasteiger partial charge >= 0.3 is 6.03 Å². The minimum atomic E-state index is -3.73. The molecule has 0 atom stereocenters. The van der Waals surface area contributed by atoms with Gasteiger partial charge in [-0.25, -0.2) is 18.2 Å². The van der Waals surface area contributed by atoms with Crippen LogP contribution in [0.25, 0.3) is 10.6 Å². The second kappa shape index (κ2) is 10.5. The average Bonchev–Trinajstić information content (AvgIpc) is 3.43. The molecule has 2 N–H and O–H groups in total. The minimum absolute atomic E-state index is 0.235. The van der Waals surface area contributed by atoms with Gasteiger partial charge in [-0.3, -0.25) is 4.31 Å². The number of aryl methyl sites for hydroxylation is 1. The molecular formula is C23H27N5O3S2. The number of benzene rings is 1. The van der Waals surface area contributed by atoms with Crippen LogP contribution >= 0.6 is 11.3 Å². The summed E-state index contributed by atoms with van der Waals surface area (Å²) < 4.78 is 29.5. The molecule has 0 aliphatic carbocycles. The number of hydrogen-bond acceptors (Lipinski definition) is 5. The molecule has 0 saturated heterocycles. The Balaban J connectivity index is 1.65. The van der Waals surface area contributed by atoms with E-state index in [1.165, 1.54) is 22.7 Å². The van der Waals surface area contributed by atoms with Gasteiger partial charge in [-0.15, -0.1) is 11.3 Å². The third-order valence-corrected chi connectivity index (χ3v) is 8.25. The predicted octanol–water partition coefficient (Wildman–Crippen LogP) is 4.97. The normalized spacial score (nSPS) is 11.5. The standard InChI is InChI=1S/C23H27N5O3S2/c1-5-6-7-8-17(2)25-23(29)26-18-9-11-19(12-10-18)28(4)33(30,31)22-14-13-21(32-22)20-15-24-16-27(20)3/h5-6,9-16H,2,7-8H2,1,3-4H3,(H2,25,26,29). The van der Waals surface area contributed by atoms with Gasteiger partial charge < -0.3 is 15.2 Å². The number of rotatable bonds is 9. The largest absolute Gasteiger partial charge is 0.333 e. The number of amides is 2. The molecule has 0 bridgehead atoms. The Hall–Kier alpha value is -3.37. The second-order valence-electron chi connectivity index (χ2n) is 7.32. The number of carbonyl (C=O) groups excluding carboxylic acids is 1. The number of sulfonamides is 1. The molecule has 2 amide bonds. The number of nitrogens with zero attached hydrogens (tertiary/aromatic N) is 3. The van der Waals surface area contributed by atoms with E-state index in [1.807, 2.05) is 30.7 Å². The van der Waals surface area contributed by atoms with Gasteiger partial charge in [-0.2, -0.15) is 0 Å². The van der Waals surface area contributed by atoms with Gasteiger partial charge in [0, 0.05) is 25.5 Å². The van der Waals surface area contributed by atoms with Crippen LogP contribution in [0.2, 0.25) is 0 Å². The number of thiophene rings is 1. The van der Waals surface area contributed by atoms with Crippen LogP contribution in [0, 0.1) is 0 Å². The first-order valence-electron chi connectivity index (χ1n) is 10.2. The lowest BCUT2D eigenvalue weighted by atomic mass is 10.2. The lowest BCUT2D eigenvalue weighted by molar-refractivity contribution is 0.254. The van der Waals surface area contributed by atoms with Crippen LogP contribution in [0.4, 0.5) is 16.2 Å². The van der Waals surface area contributed by atoms with Crippen molar-refractivity contribution in [2.24, 2.45) is 7.05 Å². The molecule has 3 aromatic rings.